The topological polar surface area (TPSA) is 3.24 Å². The molecule has 65 heavy (non-hydrogen) atoms. The van der Waals surface area contributed by atoms with Gasteiger partial charge in [-0.05, 0) is 126 Å². The van der Waals surface area contributed by atoms with E-state index in [-0.39, 0.29) is 0 Å². The average Bonchev–Trinajstić information content (AvgIpc) is 3.91. The van der Waals surface area contributed by atoms with Crippen molar-refractivity contribution in [2.24, 2.45) is 0 Å². The highest BCUT2D eigenvalue weighted by Gasteiger charge is 2.45. The van der Waals surface area contributed by atoms with Crippen molar-refractivity contribution in [3.8, 4) is 33.4 Å². The lowest BCUT2D eigenvalue weighted by molar-refractivity contribution is 0.768. The summed E-state index contributed by atoms with van der Waals surface area (Å²) in [5.41, 5.74) is 15.5. The maximum absolute atomic E-state index is 2.41. The number of thiophene rings is 1. The molecule has 0 unspecified atom stereocenters. The Morgan fingerprint density at radius 2 is 0.785 bits per heavy atom. The molecule has 1 heterocycles. The van der Waals surface area contributed by atoms with Crippen LogP contribution in [0.15, 0.2) is 249 Å². The van der Waals surface area contributed by atoms with E-state index in [1.54, 1.807) is 0 Å². The lowest BCUT2D eigenvalue weighted by atomic mass is 9.68. The predicted octanol–water partition coefficient (Wildman–Crippen LogP) is 17.5. The van der Waals surface area contributed by atoms with Crippen molar-refractivity contribution in [3.63, 3.8) is 0 Å². The third-order valence-electron chi connectivity index (χ3n) is 13.7. The zero-order valence-electron chi connectivity index (χ0n) is 35.5. The highest BCUT2D eigenvalue weighted by molar-refractivity contribution is 7.26. The smallest absolute Gasteiger partial charge is 0.0713 e. The van der Waals surface area contributed by atoms with E-state index in [0.717, 1.165) is 17.1 Å². The van der Waals surface area contributed by atoms with Crippen molar-refractivity contribution in [1.29, 1.82) is 0 Å². The van der Waals surface area contributed by atoms with Crippen molar-refractivity contribution in [1.82, 2.24) is 0 Å². The Kier molecular flexibility index (Phi) is 8.69. The molecule has 0 radical (unpaired) electrons. The van der Waals surface area contributed by atoms with E-state index < -0.39 is 5.41 Å². The first kappa shape index (κ1) is 37.5. The van der Waals surface area contributed by atoms with Crippen LogP contribution in [-0.4, -0.2) is 0 Å². The zero-order valence-corrected chi connectivity index (χ0v) is 36.3. The largest absolute Gasteiger partial charge is 0.311 e. The molecule has 0 aliphatic heterocycles. The van der Waals surface area contributed by atoms with E-state index >= 15 is 0 Å². The predicted molar refractivity (Wildman–Crippen MR) is 277 cm³/mol. The molecular formula is C63H41NS. The van der Waals surface area contributed by atoms with Gasteiger partial charge in [-0.15, -0.1) is 11.3 Å². The molecular weight excluding hydrogens is 803 g/mol. The molecule has 11 aromatic carbocycles. The van der Waals surface area contributed by atoms with Gasteiger partial charge in [0, 0.05) is 37.2 Å². The second-order valence-electron chi connectivity index (χ2n) is 17.2. The van der Waals surface area contributed by atoms with E-state index in [1.165, 1.54) is 97.4 Å². The molecule has 1 nitrogen and oxygen atoms in total. The van der Waals surface area contributed by atoms with Crippen LogP contribution in [0.5, 0.6) is 0 Å². The van der Waals surface area contributed by atoms with Crippen molar-refractivity contribution in [2.75, 3.05) is 4.90 Å². The summed E-state index contributed by atoms with van der Waals surface area (Å²) in [5, 5.41) is 7.66. The van der Waals surface area contributed by atoms with Crippen LogP contribution in [-0.2, 0) is 5.41 Å². The lowest BCUT2D eigenvalue weighted by Crippen LogP contribution is -2.28. The van der Waals surface area contributed by atoms with Gasteiger partial charge in [0.1, 0.15) is 0 Å². The Labute approximate surface area is 382 Å². The Morgan fingerprint density at radius 3 is 1.42 bits per heavy atom. The maximum Gasteiger partial charge on any atom is 0.0713 e. The standard InChI is InChI=1S/C63H41NS/c1-2-17-46(18-3-1)63(58-26-11-8-21-54(58)55-22-9-12-27-59(55)63)47-33-39-50(40-34-47)64(48-35-29-42(30-36-48)53-24-14-25-57-56-23-10-13-28-60(56)65-62(53)57)49-37-31-43(32-38-49)61-51-19-6-4-15-44(51)41-45-16-5-7-20-52(45)61/h1-41H. The van der Waals surface area contributed by atoms with Gasteiger partial charge in [0.15, 0.2) is 0 Å². The number of hydrogen-bond acceptors (Lipinski definition) is 2. The zero-order chi connectivity index (χ0) is 42.9. The third-order valence-corrected chi connectivity index (χ3v) is 15.0. The van der Waals surface area contributed by atoms with Crippen molar-refractivity contribution in [3.05, 3.63) is 271 Å². The van der Waals surface area contributed by atoms with E-state index in [1.807, 2.05) is 11.3 Å². The van der Waals surface area contributed by atoms with Crippen LogP contribution in [0.4, 0.5) is 17.1 Å². The molecule has 1 aliphatic carbocycles. The number of benzene rings is 11. The van der Waals surface area contributed by atoms with Crippen molar-refractivity contribution in [2.45, 2.75) is 5.41 Å². The molecule has 0 saturated carbocycles. The van der Waals surface area contributed by atoms with Crippen LogP contribution >= 0.6 is 11.3 Å². The summed E-state index contributed by atoms with van der Waals surface area (Å²) >= 11 is 1.88. The first-order valence-electron chi connectivity index (χ1n) is 22.4. The Morgan fingerprint density at radius 1 is 0.323 bits per heavy atom. The highest BCUT2D eigenvalue weighted by atomic mass is 32.1. The van der Waals surface area contributed by atoms with Crippen molar-refractivity contribution >= 4 is 70.1 Å². The fourth-order valence-corrected chi connectivity index (χ4v) is 12.1. The number of hydrogen-bond donors (Lipinski definition) is 0. The molecule has 1 aliphatic rings. The summed E-state index contributed by atoms with van der Waals surface area (Å²) in [4.78, 5) is 2.41. The lowest BCUT2D eigenvalue weighted by Gasteiger charge is -2.34. The first-order valence-corrected chi connectivity index (χ1v) is 23.2. The molecule has 0 spiro atoms. The molecule has 304 valence electrons. The van der Waals surface area contributed by atoms with Gasteiger partial charge in [-0.25, -0.2) is 0 Å². The van der Waals surface area contributed by atoms with Crippen LogP contribution in [0.1, 0.15) is 22.3 Å². The van der Waals surface area contributed by atoms with Gasteiger partial charge in [-0.1, -0.05) is 200 Å². The summed E-state index contributed by atoms with van der Waals surface area (Å²) in [6.45, 7) is 0. The molecule has 12 aromatic rings. The minimum atomic E-state index is -0.462. The van der Waals surface area contributed by atoms with Gasteiger partial charge in [0.2, 0.25) is 0 Å². The van der Waals surface area contributed by atoms with Crippen LogP contribution < -0.4 is 4.90 Å². The van der Waals surface area contributed by atoms with Gasteiger partial charge < -0.3 is 4.90 Å². The molecule has 0 atom stereocenters. The van der Waals surface area contributed by atoms with Gasteiger partial charge in [-0.2, -0.15) is 0 Å². The maximum atomic E-state index is 2.41. The third kappa shape index (κ3) is 5.85. The van der Waals surface area contributed by atoms with E-state index in [4.69, 9.17) is 0 Å². The molecule has 13 rings (SSSR count). The number of anilines is 3. The number of rotatable bonds is 7. The van der Waals surface area contributed by atoms with Gasteiger partial charge in [0.25, 0.3) is 0 Å². The molecule has 0 saturated heterocycles. The van der Waals surface area contributed by atoms with Gasteiger partial charge >= 0.3 is 0 Å². The SMILES string of the molecule is c1ccc(C2(c3ccc(N(c4ccc(-c5c6ccccc6cc6ccccc56)cc4)c4ccc(-c5cccc6c5sc5ccccc56)cc4)cc3)c3ccccc3-c3ccccc32)cc1. The van der Waals surface area contributed by atoms with Crippen LogP contribution in [0.3, 0.4) is 0 Å². The summed E-state index contributed by atoms with van der Waals surface area (Å²) in [5.74, 6) is 0. The Bertz CT molecular complexity index is 3650. The van der Waals surface area contributed by atoms with Crippen molar-refractivity contribution < 1.29 is 0 Å². The molecule has 0 N–H and O–H groups in total. The quantitative estimate of drug-likeness (QED) is 0.145. The number of nitrogens with zero attached hydrogens (tertiary/aromatic N) is 1. The Hall–Kier alpha value is -8.04. The van der Waals surface area contributed by atoms with Gasteiger partial charge in [-0.3, -0.25) is 0 Å². The van der Waals surface area contributed by atoms with Gasteiger partial charge in [0.05, 0.1) is 5.41 Å². The van der Waals surface area contributed by atoms with Crippen LogP contribution in [0, 0.1) is 0 Å². The highest BCUT2D eigenvalue weighted by Crippen LogP contribution is 2.56. The molecule has 0 bridgehead atoms. The second-order valence-corrected chi connectivity index (χ2v) is 18.2. The fraction of sp³-hybridized carbons (Fsp3) is 0.0159. The van der Waals surface area contributed by atoms with E-state index in [2.05, 4.69) is 254 Å². The molecule has 0 amide bonds. The fourth-order valence-electron chi connectivity index (χ4n) is 10.9. The minimum Gasteiger partial charge on any atom is -0.311 e. The van der Waals surface area contributed by atoms with E-state index in [9.17, 15) is 0 Å². The van der Waals surface area contributed by atoms with Crippen LogP contribution in [0.25, 0.3) is 75.1 Å². The summed E-state index contributed by atoms with van der Waals surface area (Å²) < 4.78 is 2.65. The number of fused-ring (bicyclic) bond motifs is 8. The van der Waals surface area contributed by atoms with Crippen LogP contribution in [0.2, 0.25) is 0 Å². The normalized spacial score (nSPS) is 12.7. The Balaban J connectivity index is 0.964. The molecule has 0 fully saturated rings. The summed E-state index contributed by atoms with van der Waals surface area (Å²) in [6.07, 6.45) is 0. The summed E-state index contributed by atoms with van der Waals surface area (Å²) in [6, 6.07) is 92.0. The molecule has 2 heteroatoms. The minimum absolute atomic E-state index is 0.462. The summed E-state index contributed by atoms with van der Waals surface area (Å²) in [7, 11) is 0. The first-order chi connectivity index (χ1) is 32.2. The van der Waals surface area contributed by atoms with E-state index in [0.29, 0.717) is 0 Å². The monoisotopic (exact) mass is 843 g/mol. The second kappa shape index (κ2) is 15.1. The molecule has 1 aromatic heterocycles. The average molecular weight is 844 g/mol.